The van der Waals surface area contributed by atoms with Gasteiger partial charge in [-0.2, -0.15) is 0 Å². The Labute approximate surface area is 125 Å². The van der Waals surface area contributed by atoms with E-state index in [1.54, 1.807) is 24.3 Å². The van der Waals surface area contributed by atoms with Gasteiger partial charge in [0.25, 0.3) is 5.91 Å². The Bertz CT molecular complexity index is 455. The Morgan fingerprint density at radius 2 is 1.74 bits per heavy atom. The number of benzene rings is 1. The fourth-order valence-corrected chi connectivity index (χ4v) is 2.02. The molecule has 104 valence electrons. The predicted octanol–water partition coefficient (Wildman–Crippen LogP) is 2.74. The molecule has 0 bridgehead atoms. The zero-order valence-electron chi connectivity index (χ0n) is 11.1. The van der Waals surface area contributed by atoms with E-state index in [-0.39, 0.29) is 16.6 Å². The minimum absolute atomic E-state index is 0.0209. The zero-order chi connectivity index (χ0) is 14.5. The van der Waals surface area contributed by atoms with E-state index in [9.17, 15) is 9.59 Å². The standard InChI is InChI=1S/C13H17BrN2O2S/c1-13(2,3)19-8-11(17)15-16-12(18)9-4-6-10(14)7-5-9/h4-7H,8H2,1-3H3,(H,15,17)(H,16,18). The highest BCUT2D eigenvalue weighted by atomic mass is 79.9. The van der Waals surface area contributed by atoms with Crippen LogP contribution in [0.2, 0.25) is 0 Å². The quantitative estimate of drug-likeness (QED) is 0.829. The topological polar surface area (TPSA) is 58.2 Å². The van der Waals surface area contributed by atoms with Gasteiger partial charge in [0.15, 0.2) is 0 Å². The minimum atomic E-state index is -0.332. The minimum Gasteiger partial charge on any atom is -0.272 e. The van der Waals surface area contributed by atoms with E-state index in [4.69, 9.17) is 0 Å². The third kappa shape index (κ3) is 6.63. The number of thioether (sulfide) groups is 1. The summed E-state index contributed by atoms with van der Waals surface area (Å²) >= 11 is 4.81. The Balaban J connectivity index is 2.38. The van der Waals surface area contributed by atoms with Crippen LogP contribution < -0.4 is 10.9 Å². The molecule has 0 aliphatic heterocycles. The van der Waals surface area contributed by atoms with Gasteiger partial charge in [-0.15, -0.1) is 11.8 Å². The van der Waals surface area contributed by atoms with Crippen LogP contribution in [0.3, 0.4) is 0 Å². The molecule has 0 saturated heterocycles. The average Bonchev–Trinajstić information content (AvgIpc) is 2.33. The molecule has 1 aromatic carbocycles. The van der Waals surface area contributed by atoms with E-state index in [1.165, 1.54) is 11.8 Å². The molecule has 1 aromatic rings. The number of hydrazine groups is 1. The van der Waals surface area contributed by atoms with Crippen LogP contribution in [-0.4, -0.2) is 22.3 Å². The van der Waals surface area contributed by atoms with Gasteiger partial charge in [0.05, 0.1) is 5.75 Å². The summed E-state index contributed by atoms with van der Waals surface area (Å²) in [4.78, 5) is 23.2. The van der Waals surface area contributed by atoms with Gasteiger partial charge in [0, 0.05) is 14.8 Å². The zero-order valence-corrected chi connectivity index (χ0v) is 13.5. The molecule has 2 amide bonds. The highest BCUT2D eigenvalue weighted by molar-refractivity contribution is 9.10. The summed E-state index contributed by atoms with van der Waals surface area (Å²) in [5, 5.41) is 0. The summed E-state index contributed by atoms with van der Waals surface area (Å²) in [7, 11) is 0. The summed E-state index contributed by atoms with van der Waals surface area (Å²) in [5.74, 6) is -0.239. The van der Waals surface area contributed by atoms with Gasteiger partial charge < -0.3 is 0 Å². The Kier molecular flexibility index (Phi) is 5.87. The van der Waals surface area contributed by atoms with Crippen LogP contribution in [0, 0.1) is 0 Å². The van der Waals surface area contributed by atoms with Gasteiger partial charge in [0.2, 0.25) is 5.91 Å². The largest absolute Gasteiger partial charge is 0.272 e. The van der Waals surface area contributed by atoms with E-state index in [2.05, 4.69) is 26.8 Å². The van der Waals surface area contributed by atoms with Crippen molar-refractivity contribution in [2.45, 2.75) is 25.5 Å². The fourth-order valence-electron chi connectivity index (χ4n) is 1.12. The molecular weight excluding hydrogens is 328 g/mol. The van der Waals surface area contributed by atoms with Crippen molar-refractivity contribution in [1.29, 1.82) is 0 Å². The number of carbonyl (C=O) groups is 2. The molecular formula is C13H17BrN2O2S. The highest BCUT2D eigenvalue weighted by Crippen LogP contribution is 2.22. The van der Waals surface area contributed by atoms with Crippen LogP contribution in [0.1, 0.15) is 31.1 Å². The van der Waals surface area contributed by atoms with Crippen molar-refractivity contribution in [2.75, 3.05) is 5.75 Å². The van der Waals surface area contributed by atoms with E-state index in [1.807, 2.05) is 20.8 Å². The van der Waals surface area contributed by atoms with Crippen molar-refractivity contribution >= 4 is 39.5 Å². The van der Waals surface area contributed by atoms with Crippen molar-refractivity contribution in [3.05, 3.63) is 34.3 Å². The lowest BCUT2D eigenvalue weighted by atomic mass is 10.2. The van der Waals surface area contributed by atoms with Crippen LogP contribution in [0.25, 0.3) is 0 Å². The second kappa shape index (κ2) is 6.96. The smallest absolute Gasteiger partial charge is 0.269 e. The number of hydrogen-bond acceptors (Lipinski definition) is 3. The summed E-state index contributed by atoms with van der Waals surface area (Å²) in [6.45, 7) is 6.10. The molecule has 0 atom stereocenters. The lowest BCUT2D eigenvalue weighted by molar-refractivity contribution is -0.119. The highest BCUT2D eigenvalue weighted by Gasteiger charge is 2.13. The Hall–Kier alpha value is -1.01. The van der Waals surface area contributed by atoms with E-state index in [0.29, 0.717) is 11.3 Å². The second-order valence-electron chi connectivity index (χ2n) is 4.91. The molecule has 0 saturated carbocycles. The number of nitrogens with one attached hydrogen (secondary N) is 2. The second-order valence-corrected chi connectivity index (χ2v) is 7.63. The van der Waals surface area contributed by atoms with Gasteiger partial charge in [-0.25, -0.2) is 0 Å². The molecule has 0 aromatic heterocycles. The van der Waals surface area contributed by atoms with Crippen molar-refractivity contribution in [2.24, 2.45) is 0 Å². The molecule has 19 heavy (non-hydrogen) atoms. The molecule has 2 N–H and O–H groups in total. The van der Waals surface area contributed by atoms with E-state index < -0.39 is 0 Å². The van der Waals surface area contributed by atoms with Crippen LogP contribution in [0.15, 0.2) is 28.7 Å². The first-order valence-electron chi connectivity index (χ1n) is 5.76. The van der Waals surface area contributed by atoms with Crippen molar-refractivity contribution in [1.82, 2.24) is 10.9 Å². The molecule has 0 heterocycles. The maximum Gasteiger partial charge on any atom is 0.269 e. The number of hydrogen-bond donors (Lipinski definition) is 2. The molecule has 0 aliphatic carbocycles. The monoisotopic (exact) mass is 344 g/mol. The molecule has 0 radical (unpaired) electrons. The molecule has 4 nitrogen and oxygen atoms in total. The lowest BCUT2D eigenvalue weighted by Gasteiger charge is -2.17. The van der Waals surface area contributed by atoms with Crippen molar-refractivity contribution in [3.8, 4) is 0 Å². The number of rotatable bonds is 3. The summed E-state index contributed by atoms with van der Waals surface area (Å²) < 4.78 is 0.919. The Morgan fingerprint density at radius 1 is 1.16 bits per heavy atom. The van der Waals surface area contributed by atoms with Crippen LogP contribution in [0.5, 0.6) is 0 Å². The van der Waals surface area contributed by atoms with E-state index >= 15 is 0 Å². The number of amides is 2. The molecule has 0 unspecified atom stereocenters. The maximum atomic E-state index is 11.7. The third-order valence-electron chi connectivity index (χ3n) is 2.06. The van der Waals surface area contributed by atoms with Crippen LogP contribution in [-0.2, 0) is 4.79 Å². The normalized spacial score (nSPS) is 10.9. The molecule has 0 aliphatic rings. The van der Waals surface area contributed by atoms with Gasteiger partial charge in [-0.3, -0.25) is 20.4 Å². The van der Waals surface area contributed by atoms with Gasteiger partial charge in [0.1, 0.15) is 0 Å². The first-order chi connectivity index (χ1) is 8.78. The average molecular weight is 345 g/mol. The number of halogens is 1. The van der Waals surface area contributed by atoms with Gasteiger partial charge in [-0.05, 0) is 24.3 Å². The maximum absolute atomic E-state index is 11.7. The van der Waals surface area contributed by atoms with Crippen molar-refractivity contribution in [3.63, 3.8) is 0 Å². The fraction of sp³-hybridized carbons (Fsp3) is 0.385. The van der Waals surface area contributed by atoms with Crippen LogP contribution in [0.4, 0.5) is 0 Å². The molecule has 0 fully saturated rings. The molecule has 1 rings (SSSR count). The summed E-state index contributed by atoms with van der Waals surface area (Å²) in [6.07, 6.45) is 0. The first kappa shape index (κ1) is 16.0. The third-order valence-corrected chi connectivity index (χ3v) is 3.86. The van der Waals surface area contributed by atoms with Crippen molar-refractivity contribution < 1.29 is 9.59 Å². The summed E-state index contributed by atoms with van der Waals surface area (Å²) in [6, 6.07) is 6.89. The molecule has 6 heteroatoms. The van der Waals surface area contributed by atoms with Gasteiger partial charge >= 0.3 is 0 Å². The van der Waals surface area contributed by atoms with E-state index in [0.717, 1.165) is 4.47 Å². The Morgan fingerprint density at radius 3 is 2.26 bits per heavy atom. The first-order valence-corrected chi connectivity index (χ1v) is 7.54. The predicted molar refractivity (Wildman–Crippen MR) is 82.0 cm³/mol. The lowest BCUT2D eigenvalue weighted by Crippen LogP contribution is -2.42. The number of carbonyl (C=O) groups excluding carboxylic acids is 2. The summed E-state index contributed by atoms with van der Waals surface area (Å²) in [5.41, 5.74) is 5.28. The van der Waals surface area contributed by atoms with Gasteiger partial charge in [-0.1, -0.05) is 36.7 Å². The van der Waals surface area contributed by atoms with Crippen LogP contribution >= 0.6 is 27.7 Å². The molecule has 0 spiro atoms. The SMILES string of the molecule is CC(C)(C)SCC(=O)NNC(=O)c1ccc(Br)cc1.